The minimum atomic E-state index is -0.444. The molecule has 10 heteroatoms. The van der Waals surface area contributed by atoms with Gasteiger partial charge in [0.15, 0.2) is 11.5 Å². The predicted octanol–water partition coefficient (Wildman–Crippen LogP) is 11.1. The van der Waals surface area contributed by atoms with Crippen LogP contribution in [0.2, 0.25) is 5.02 Å². The van der Waals surface area contributed by atoms with Gasteiger partial charge in [-0.2, -0.15) is 5.26 Å². The summed E-state index contributed by atoms with van der Waals surface area (Å²) in [6.07, 6.45) is 7.16. The molecule has 5 rings (SSSR count). The number of hydroxylamine groups is 1. The van der Waals surface area contributed by atoms with Gasteiger partial charge in [0.25, 0.3) is 0 Å². The number of nitriles is 1. The summed E-state index contributed by atoms with van der Waals surface area (Å²) in [7, 11) is 1.45. The number of nitrogens with one attached hydrogen (secondary N) is 2. The predicted molar refractivity (Wildman–Crippen MR) is 224 cm³/mol. The van der Waals surface area contributed by atoms with Crippen LogP contribution in [0.25, 0.3) is 28.1 Å². The van der Waals surface area contributed by atoms with Crippen molar-refractivity contribution < 1.29 is 14.7 Å². The molecule has 0 saturated heterocycles. The van der Waals surface area contributed by atoms with Crippen LogP contribution >= 0.6 is 11.6 Å². The van der Waals surface area contributed by atoms with E-state index in [9.17, 15) is 15.3 Å². The number of aromatic nitrogens is 2. The summed E-state index contributed by atoms with van der Waals surface area (Å²) < 4.78 is 6.10. The number of ketones is 1. The molecule has 1 aromatic heterocycles. The molecule has 0 amide bonds. The maximum absolute atomic E-state index is 13.2. The molecule has 0 spiro atoms. The van der Waals surface area contributed by atoms with E-state index in [1.807, 2.05) is 62.4 Å². The molecule has 1 atom stereocenters. The number of fused-ring (bicyclic) bond motifs is 1. The number of carbonyl (C=O) groups excluding carboxylic acids is 1. The minimum Gasteiger partial charge on any atom is -0.491 e. The van der Waals surface area contributed by atoms with E-state index in [0.717, 1.165) is 80.8 Å². The van der Waals surface area contributed by atoms with Crippen LogP contribution in [-0.2, 0) is 5.41 Å². The van der Waals surface area contributed by atoms with E-state index in [0.29, 0.717) is 35.4 Å². The van der Waals surface area contributed by atoms with Crippen molar-refractivity contribution in [1.82, 2.24) is 15.1 Å². The number of Topliss-reactive ketones (excluding diaryl/α,β-unsaturated/α-hetero) is 1. The molecule has 4 aromatic carbocycles. The molecule has 286 valence electrons. The van der Waals surface area contributed by atoms with Crippen molar-refractivity contribution in [3.05, 3.63) is 117 Å². The maximum atomic E-state index is 13.2. The fraction of sp³-hybridized carbons (Fsp3) is 0.333. The lowest BCUT2D eigenvalue weighted by Gasteiger charge is -2.27. The van der Waals surface area contributed by atoms with Crippen molar-refractivity contribution in [2.24, 2.45) is 5.92 Å². The van der Waals surface area contributed by atoms with Gasteiger partial charge in [-0.05, 0) is 96.8 Å². The number of ether oxygens (including phenoxy) is 1. The molecule has 55 heavy (non-hydrogen) atoms. The zero-order valence-corrected chi connectivity index (χ0v) is 33.6. The molecule has 0 aliphatic rings. The number of hydrazine groups is 1. The normalized spacial score (nSPS) is 12.4. The molecule has 0 bridgehead atoms. The molecule has 0 saturated carbocycles. The topological polar surface area (TPSA) is 123 Å². The summed E-state index contributed by atoms with van der Waals surface area (Å²) in [5, 5.41) is 25.1. The summed E-state index contributed by atoms with van der Waals surface area (Å²) >= 11 is 6.79. The molecule has 0 radical (unpaired) electrons. The molecule has 0 aliphatic heterocycles. The van der Waals surface area contributed by atoms with Crippen LogP contribution < -0.4 is 15.5 Å². The number of carbonyl (C=O) groups is 1. The second kappa shape index (κ2) is 18.4. The highest BCUT2D eigenvalue weighted by Crippen LogP contribution is 2.39. The van der Waals surface area contributed by atoms with Gasteiger partial charge in [-0.1, -0.05) is 94.3 Å². The van der Waals surface area contributed by atoms with Gasteiger partial charge in [-0.25, -0.2) is 9.97 Å². The van der Waals surface area contributed by atoms with Crippen molar-refractivity contribution >= 4 is 46.0 Å². The average Bonchev–Trinajstić information content (AvgIpc) is 3.18. The van der Waals surface area contributed by atoms with Crippen LogP contribution in [0.3, 0.4) is 0 Å². The Morgan fingerprint density at radius 2 is 1.78 bits per heavy atom. The Labute approximate surface area is 330 Å². The SMILES string of the molecule is CC/C(C)=C/c1ccc(NCCCCOc2c(Cl)cc(C(C)(C)c3ccc(-c4ccc5nc(NN(C)O)ncc5c4)cc3)cc2C#N)cc1C(=O)C(C)CC. The van der Waals surface area contributed by atoms with E-state index >= 15 is 0 Å². The van der Waals surface area contributed by atoms with E-state index in [-0.39, 0.29) is 11.7 Å². The monoisotopic (exact) mass is 758 g/mol. The zero-order chi connectivity index (χ0) is 39.7. The highest BCUT2D eigenvalue weighted by atomic mass is 35.5. The summed E-state index contributed by atoms with van der Waals surface area (Å²) in [6.45, 7) is 13.6. The number of hydrogen-bond donors (Lipinski definition) is 3. The molecular formula is C45H51ClN6O3. The van der Waals surface area contributed by atoms with Crippen molar-refractivity contribution in [3.63, 3.8) is 0 Å². The minimum absolute atomic E-state index is 0.0347. The highest BCUT2D eigenvalue weighted by molar-refractivity contribution is 6.32. The first-order valence-corrected chi connectivity index (χ1v) is 19.3. The average molecular weight is 759 g/mol. The van der Waals surface area contributed by atoms with E-state index in [2.05, 4.69) is 84.8 Å². The number of benzene rings is 4. The second-order valence-electron chi connectivity index (χ2n) is 14.6. The first-order chi connectivity index (χ1) is 26.3. The number of halogens is 1. The summed E-state index contributed by atoms with van der Waals surface area (Å²) in [5.41, 5.74) is 11.3. The molecule has 1 heterocycles. The van der Waals surface area contributed by atoms with Gasteiger partial charge in [0.2, 0.25) is 5.95 Å². The maximum Gasteiger partial charge on any atom is 0.239 e. The van der Waals surface area contributed by atoms with Crippen molar-refractivity contribution in [3.8, 4) is 22.9 Å². The van der Waals surface area contributed by atoms with Gasteiger partial charge >= 0.3 is 0 Å². The largest absolute Gasteiger partial charge is 0.491 e. The number of anilines is 2. The summed E-state index contributed by atoms with van der Waals surface area (Å²) in [6, 6.07) is 26.4. The van der Waals surface area contributed by atoms with Crippen LogP contribution in [0, 0.1) is 17.2 Å². The Kier molecular flexibility index (Phi) is 13.7. The van der Waals surface area contributed by atoms with Crippen LogP contribution in [0.1, 0.15) is 99.8 Å². The lowest BCUT2D eigenvalue weighted by atomic mass is 9.77. The Bertz CT molecular complexity index is 2210. The lowest BCUT2D eigenvalue weighted by Crippen LogP contribution is -2.21. The standard InChI is InChI=1S/C45H51ClN6O3/c1-8-29(3)22-33-14-18-38(26-39(33)42(53)30(4)9-2)48-20-10-11-21-55-43-34(27-47)24-37(25-40(43)46)45(5,6)36-16-12-31(13-17-36)32-15-19-41-35(23-32)28-49-44(50-41)51-52(7)54/h12-19,22-26,28,30,48,54H,8-11,20-21H2,1-7H3,(H,49,50,51)/b29-22+. The van der Waals surface area contributed by atoms with Gasteiger partial charge < -0.3 is 10.1 Å². The number of hydrogen-bond acceptors (Lipinski definition) is 9. The number of unbranched alkanes of at least 4 members (excludes halogenated alkanes) is 1. The Morgan fingerprint density at radius 3 is 2.47 bits per heavy atom. The van der Waals surface area contributed by atoms with Crippen molar-refractivity contribution in [2.45, 2.75) is 72.6 Å². The highest BCUT2D eigenvalue weighted by Gasteiger charge is 2.26. The first kappa shape index (κ1) is 40.9. The molecule has 0 aliphatic carbocycles. The third-order valence-corrected chi connectivity index (χ3v) is 10.4. The van der Waals surface area contributed by atoms with E-state index in [1.165, 1.54) is 12.6 Å². The van der Waals surface area contributed by atoms with Crippen LogP contribution in [-0.4, -0.2) is 46.3 Å². The van der Waals surface area contributed by atoms with Crippen LogP contribution in [0.5, 0.6) is 5.75 Å². The van der Waals surface area contributed by atoms with Gasteiger partial charge in [0.05, 0.1) is 22.7 Å². The smallest absolute Gasteiger partial charge is 0.239 e. The quantitative estimate of drug-likeness (QED) is 0.0483. The molecule has 5 aromatic rings. The Hall–Kier alpha value is -5.27. The third-order valence-electron chi connectivity index (χ3n) is 10.2. The van der Waals surface area contributed by atoms with Crippen molar-refractivity contribution in [1.29, 1.82) is 5.26 Å². The van der Waals surface area contributed by atoms with E-state index in [1.54, 1.807) is 6.20 Å². The fourth-order valence-electron chi connectivity index (χ4n) is 6.30. The van der Waals surface area contributed by atoms with Crippen molar-refractivity contribution in [2.75, 3.05) is 30.9 Å². The molecule has 9 nitrogen and oxygen atoms in total. The Morgan fingerprint density at radius 1 is 1.04 bits per heavy atom. The summed E-state index contributed by atoms with van der Waals surface area (Å²) in [5.74, 6) is 0.840. The fourth-order valence-corrected chi connectivity index (χ4v) is 6.57. The van der Waals surface area contributed by atoms with Gasteiger partial charge in [0, 0.05) is 47.8 Å². The van der Waals surface area contributed by atoms with Crippen LogP contribution in [0.4, 0.5) is 11.6 Å². The molecular weight excluding hydrogens is 708 g/mol. The van der Waals surface area contributed by atoms with Gasteiger partial charge in [0.1, 0.15) is 6.07 Å². The van der Waals surface area contributed by atoms with Crippen LogP contribution in [0.15, 0.2) is 84.6 Å². The second-order valence-corrected chi connectivity index (χ2v) is 15.0. The number of rotatable bonds is 17. The van der Waals surface area contributed by atoms with Gasteiger partial charge in [-0.3, -0.25) is 15.4 Å². The molecule has 3 N–H and O–H groups in total. The van der Waals surface area contributed by atoms with E-state index in [4.69, 9.17) is 16.3 Å². The third kappa shape index (κ3) is 10.1. The summed E-state index contributed by atoms with van der Waals surface area (Å²) in [4.78, 5) is 21.9. The zero-order valence-electron chi connectivity index (χ0n) is 32.8. The van der Waals surface area contributed by atoms with E-state index < -0.39 is 5.41 Å². The van der Waals surface area contributed by atoms with Gasteiger partial charge in [-0.15, -0.1) is 5.17 Å². The number of nitrogens with zero attached hydrogens (tertiary/aromatic N) is 4. The lowest BCUT2D eigenvalue weighted by molar-refractivity contribution is -0.0394. The Balaban J connectivity index is 1.20. The number of allylic oxidation sites excluding steroid dienone is 1. The molecule has 0 fully saturated rings. The molecule has 1 unspecified atom stereocenters. The first-order valence-electron chi connectivity index (χ1n) is 18.9.